The van der Waals surface area contributed by atoms with Crippen molar-refractivity contribution in [2.24, 2.45) is 0 Å². The number of benzene rings is 1. The molecule has 0 bridgehead atoms. The fraction of sp³-hybridized carbons (Fsp3) is 0.316. The van der Waals surface area contributed by atoms with Crippen molar-refractivity contribution in [3.8, 4) is 5.75 Å². The molecule has 0 unspecified atom stereocenters. The highest BCUT2D eigenvalue weighted by atomic mass is 32.1. The Hall–Kier alpha value is -2.87. The lowest BCUT2D eigenvalue weighted by Crippen LogP contribution is -2.35. The highest BCUT2D eigenvalue weighted by Crippen LogP contribution is 2.25. The van der Waals surface area contributed by atoms with Crippen LogP contribution in [0.2, 0.25) is 0 Å². The van der Waals surface area contributed by atoms with Gasteiger partial charge in [0.15, 0.2) is 0 Å². The summed E-state index contributed by atoms with van der Waals surface area (Å²) in [6, 6.07) is 6.36. The number of ether oxygens (including phenoxy) is 1. The molecular formula is C19H20N2O5S. The van der Waals surface area contributed by atoms with Crippen molar-refractivity contribution in [3.63, 3.8) is 0 Å². The molecule has 0 aliphatic carbocycles. The molecule has 8 heteroatoms. The number of carboxylic acid groups (broad SMARTS) is 1. The standard InChI is InChI=1S/C19H20N2O5S/c1-26-15-10-13(2-3-14(15)19(24)25)20-17(22)4-5-18(23)21-8-6-16-12(11-21)7-9-27-16/h2-3,7,9-10H,4-6,8,11H2,1H3,(H,20,22)(H,24,25). The Bertz CT molecular complexity index is 877. The molecule has 1 aromatic heterocycles. The minimum Gasteiger partial charge on any atom is -0.496 e. The van der Waals surface area contributed by atoms with Crippen molar-refractivity contribution < 1.29 is 24.2 Å². The van der Waals surface area contributed by atoms with E-state index in [0.29, 0.717) is 18.8 Å². The number of carboxylic acids is 1. The lowest BCUT2D eigenvalue weighted by molar-refractivity contribution is -0.133. The molecule has 0 atom stereocenters. The van der Waals surface area contributed by atoms with Crippen LogP contribution < -0.4 is 10.1 Å². The van der Waals surface area contributed by atoms with Gasteiger partial charge in [-0.05, 0) is 35.6 Å². The number of fused-ring (bicyclic) bond motifs is 1. The summed E-state index contributed by atoms with van der Waals surface area (Å²) in [6.45, 7) is 1.29. The third-order valence-corrected chi connectivity index (χ3v) is 5.46. The first kappa shape index (κ1) is 18.9. The van der Waals surface area contributed by atoms with E-state index in [1.54, 1.807) is 16.2 Å². The zero-order valence-corrected chi connectivity index (χ0v) is 15.7. The van der Waals surface area contributed by atoms with Crippen molar-refractivity contribution in [1.82, 2.24) is 4.90 Å². The molecule has 0 saturated carbocycles. The first-order valence-corrected chi connectivity index (χ1v) is 9.40. The van der Waals surface area contributed by atoms with Gasteiger partial charge in [-0.1, -0.05) is 0 Å². The van der Waals surface area contributed by atoms with Gasteiger partial charge in [-0.25, -0.2) is 4.79 Å². The summed E-state index contributed by atoms with van der Waals surface area (Å²) in [4.78, 5) is 38.7. The second-order valence-corrected chi connectivity index (χ2v) is 7.20. The van der Waals surface area contributed by atoms with Crippen molar-refractivity contribution >= 4 is 34.8 Å². The van der Waals surface area contributed by atoms with Gasteiger partial charge in [-0.3, -0.25) is 9.59 Å². The van der Waals surface area contributed by atoms with E-state index in [9.17, 15) is 14.4 Å². The molecule has 3 rings (SSSR count). The Morgan fingerprint density at radius 2 is 2.07 bits per heavy atom. The molecule has 2 amide bonds. The minimum atomic E-state index is -1.11. The van der Waals surface area contributed by atoms with Crippen LogP contribution in [0.5, 0.6) is 5.75 Å². The van der Waals surface area contributed by atoms with E-state index in [4.69, 9.17) is 9.84 Å². The summed E-state index contributed by atoms with van der Waals surface area (Å²) in [7, 11) is 1.36. The quantitative estimate of drug-likeness (QED) is 0.793. The monoisotopic (exact) mass is 388 g/mol. The fourth-order valence-electron chi connectivity index (χ4n) is 3.01. The molecule has 2 heterocycles. The third-order valence-electron chi connectivity index (χ3n) is 4.44. The van der Waals surface area contributed by atoms with Crippen LogP contribution in [0.15, 0.2) is 29.6 Å². The van der Waals surface area contributed by atoms with Crippen LogP contribution in [0.4, 0.5) is 5.69 Å². The minimum absolute atomic E-state index is 0.0172. The van der Waals surface area contributed by atoms with Crippen molar-refractivity contribution in [1.29, 1.82) is 0 Å². The predicted molar refractivity (Wildman–Crippen MR) is 101 cm³/mol. The Morgan fingerprint density at radius 1 is 1.26 bits per heavy atom. The number of nitrogens with one attached hydrogen (secondary N) is 1. The Kier molecular flexibility index (Phi) is 5.75. The van der Waals surface area contributed by atoms with E-state index in [-0.39, 0.29) is 36.0 Å². The number of hydrogen-bond donors (Lipinski definition) is 2. The number of anilines is 1. The molecule has 0 fully saturated rings. The van der Waals surface area contributed by atoms with E-state index >= 15 is 0 Å². The second-order valence-electron chi connectivity index (χ2n) is 6.20. The van der Waals surface area contributed by atoms with Gasteiger partial charge < -0.3 is 20.1 Å². The van der Waals surface area contributed by atoms with Crippen LogP contribution in [-0.2, 0) is 22.6 Å². The summed E-state index contributed by atoms with van der Waals surface area (Å²) in [6.07, 6.45) is 1.06. The predicted octanol–water partition coefficient (Wildman–Crippen LogP) is 2.76. The molecule has 142 valence electrons. The summed E-state index contributed by atoms with van der Waals surface area (Å²) >= 11 is 1.72. The Labute approximate surface area is 160 Å². The van der Waals surface area contributed by atoms with Gasteiger partial charge in [0.05, 0.1) is 7.11 Å². The summed E-state index contributed by atoms with van der Waals surface area (Å²) in [5, 5.41) is 13.8. The molecule has 1 aliphatic heterocycles. The molecule has 27 heavy (non-hydrogen) atoms. The van der Waals surface area contributed by atoms with E-state index < -0.39 is 5.97 Å². The molecular weight excluding hydrogens is 368 g/mol. The van der Waals surface area contributed by atoms with Crippen LogP contribution in [0, 0.1) is 0 Å². The number of amides is 2. The SMILES string of the molecule is COc1cc(NC(=O)CCC(=O)N2CCc3sccc3C2)ccc1C(=O)O. The first-order chi connectivity index (χ1) is 13.0. The summed E-state index contributed by atoms with van der Waals surface area (Å²) in [5.74, 6) is -1.29. The average molecular weight is 388 g/mol. The van der Waals surface area contributed by atoms with Gasteiger partial charge in [0.1, 0.15) is 11.3 Å². The third kappa shape index (κ3) is 4.46. The van der Waals surface area contributed by atoms with E-state index in [2.05, 4.69) is 5.32 Å². The Morgan fingerprint density at radius 3 is 2.81 bits per heavy atom. The van der Waals surface area contributed by atoms with Crippen molar-refractivity contribution in [3.05, 3.63) is 45.6 Å². The molecule has 1 aromatic carbocycles. The fourth-order valence-corrected chi connectivity index (χ4v) is 3.90. The van der Waals surface area contributed by atoms with Gasteiger partial charge in [0.25, 0.3) is 0 Å². The maximum atomic E-state index is 12.4. The smallest absolute Gasteiger partial charge is 0.339 e. The van der Waals surface area contributed by atoms with Crippen LogP contribution in [0.25, 0.3) is 0 Å². The lowest BCUT2D eigenvalue weighted by Gasteiger charge is -2.27. The van der Waals surface area contributed by atoms with Crippen LogP contribution >= 0.6 is 11.3 Å². The topological polar surface area (TPSA) is 95.9 Å². The van der Waals surface area contributed by atoms with Crippen molar-refractivity contribution in [2.75, 3.05) is 19.0 Å². The molecule has 2 N–H and O–H groups in total. The lowest BCUT2D eigenvalue weighted by atomic mass is 10.1. The summed E-state index contributed by atoms with van der Waals surface area (Å²) in [5.41, 5.74) is 1.63. The van der Waals surface area contributed by atoms with Gasteiger partial charge in [-0.2, -0.15) is 0 Å². The molecule has 0 spiro atoms. The zero-order chi connectivity index (χ0) is 19.4. The van der Waals surface area contributed by atoms with Crippen molar-refractivity contribution in [2.45, 2.75) is 25.8 Å². The number of hydrogen-bond acceptors (Lipinski definition) is 5. The van der Waals surface area contributed by atoms with Crippen LogP contribution in [0.3, 0.4) is 0 Å². The van der Waals surface area contributed by atoms with Gasteiger partial charge in [-0.15, -0.1) is 11.3 Å². The number of carbonyl (C=O) groups excluding carboxylic acids is 2. The number of nitrogens with zero attached hydrogens (tertiary/aromatic N) is 1. The zero-order valence-electron chi connectivity index (χ0n) is 14.9. The first-order valence-electron chi connectivity index (χ1n) is 8.52. The molecule has 1 aliphatic rings. The van der Waals surface area contributed by atoms with Gasteiger partial charge in [0, 0.05) is 42.6 Å². The number of thiophene rings is 1. The maximum absolute atomic E-state index is 12.4. The second kappa shape index (κ2) is 8.22. The van der Waals surface area contributed by atoms with Gasteiger partial charge >= 0.3 is 5.97 Å². The van der Waals surface area contributed by atoms with Gasteiger partial charge in [0.2, 0.25) is 11.8 Å². The molecule has 2 aromatic rings. The normalized spacial score (nSPS) is 13.0. The van der Waals surface area contributed by atoms with E-state index in [1.165, 1.54) is 35.7 Å². The number of rotatable bonds is 6. The maximum Gasteiger partial charge on any atom is 0.339 e. The summed E-state index contributed by atoms with van der Waals surface area (Å²) < 4.78 is 5.04. The number of methoxy groups -OCH3 is 1. The largest absolute Gasteiger partial charge is 0.496 e. The highest BCUT2D eigenvalue weighted by Gasteiger charge is 2.22. The average Bonchev–Trinajstić information content (AvgIpc) is 3.13. The van der Waals surface area contributed by atoms with E-state index in [1.807, 2.05) is 11.4 Å². The molecule has 0 radical (unpaired) electrons. The molecule has 0 saturated heterocycles. The highest BCUT2D eigenvalue weighted by molar-refractivity contribution is 7.10. The number of carbonyl (C=O) groups is 3. The van der Waals surface area contributed by atoms with E-state index in [0.717, 1.165) is 6.42 Å². The van der Waals surface area contributed by atoms with Crippen LogP contribution in [-0.4, -0.2) is 41.4 Å². The Balaban J connectivity index is 1.52. The molecule has 7 nitrogen and oxygen atoms in total. The van der Waals surface area contributed by atoms with Crippen LogP contribution in [0.1, 0.15) is 33.6 Å². The number of aromatic carboxylic acids is 1.